The maximum atomic E-state index is 11.2. The highest BCUT2D eigenvalue weighted by Crippen LogP contribution is 2.54. The van der Waals surface area contributed by atoms with E-state index < -0.39 is 5.97 Å². The Morgan fingerprint density at radius 1 is 0.477 bits per heavy atom. The largest absolute Gasteiger partial charge is 0.477 e. The van der Waals surface area contributed by atoms with Crippen molar-refractivity contribution < 1.29 is 9.90 Å². The van der Waals surface area contributed by atoms with Crippen molar-refractivity contribution in [1.82, 2.24) is 0 Å². The number of carboxylic acid groups (broad SMARTS) is 1. The Labute approximate surface area is 381 Å². The first-order valence-corrected chi connectivity index (χ1v) is 22.0. The van der Waals surface area contributed by atoms with Crippen LogP contribution in [0.25, 0.3) is 39.5 Å². The molecule has 0 amide bonds. The maximum absolute atomic E-state index is 11.2. The molecule has 65 heavy (non-hydrogen) atoms. The molecule has 0 aliphatic heterocycles. The standard InChI is InChI=1S/C60H47N3O2/c1-59(2)54-35-41(25-31-50(54)52-33-29-48(37-56(52)59)62(44-17-8-5-9-18-44)45-19-10-6-11-20-45)42-26-32-51-53-34-30-49(38-57(53)60(3,4)55(51)36-42)63(46-21-12-7-13-22-46)47-27-23-40(24-28-47)15-14-16-43(39-61)58(64)65/h5-38H,1-4H3,(H,64,65)/b15-14+,43-16+. The van der Waals surface area contributed by atoms with Crippen LogP contribution in [0.1, 0.15) is 55.5 Å². The smallest absolute Gasteiger partial charge is 0.346 e. The Hall–Kier alpha value is -8.20. The first kappa shape index (κ1) is 40.8. The van der Waals surface area contributed by atoms with Gasteiger partial charge in [0.15, 0.2) is 0 Å². The summed E-state index contributed by atoms with van der Waals surface area (Å²) >= 11 is 0. The second kappa shape index (κ2) is 16.2. The number of hydrogen-bond donors (Lipinski definition) is 1. The van der Waals surface area contributed by atoms with Crippen LogP contribution in [0.2, 0.25) is 0 Å². The molecule has 314 valence electrons. The van der Waals surface area contributed by atoms with Gasteiger partial charge in [-0.2, -0.15) is 5.26 Å². The topological polar surface area (TPSA) is 67.6 Å². The molecule has 8 aromatic rings. The predicted molar refractivity (Wildman–Crippen MR) is 267 cm³/mol. The molecule has 0 unspecified atom stereocenters. The number of anilines is 6. The Morgan fingerprint density at radius 3 is 1.22 bits per heavy atom. The lowest BCUT2D eigenvalue weighted by molar-refractivity contribution is -0.132. The highest BCUT2D eigenvalue weighted by Gasteiger charge is 2.38. The van der Waals surface area contributed by atoms with Gasteiger partial charge in [-0.15, -0.1) is 0 Å². The number of benzene rings is 8. The van der Waals surface area contributed by atoms with Crippen molar-refractivity contribution in [3.05, 3.63) is 234 Å². The van der Waals surface area contributed by atoms with Crippen molar-refractivity contribution in [2.24, 2.45) is 0 Å². The lowest BCUT2D eigenvalue weighted by atomic mass is 9.80. The molecular formula is C60H47N3O2. The fourth-order valence-corrected chi connectivity index (χ4v) is 9.86. The molecule has 0 saturated heterocycles. The van der Waals surface area contributed by atoms with Crippen LogP contribution in [-0.4, -0.2) is 11.1 Å². The van der Waals surface area contributed by atoms with E-state index in [0.29, 0.717) is 0 Å². The number of fused-ring (bicyclic) bond motifs is 6. The van der Waals surface area contributed by atoms with Crippen molar-refractivity contribution in [3.8, 4) is 39.4 Å². The average Bonchev–Trinajstić information content (AvgIpc) is 3.70. The zero-order chi connectivity index (χ0) is 44.9. The van der Waals surface area contributed by atoms with E-state index in [1.165, 1.54) is 61.7 Å². The summed E-state index contributed by atoms with van der Waals surface area (Å²) in [5.74, 6) is -1.24. The molecule has 2 aliphatic carbocycles. The highest BCUT2D eigenvalue weighted by molar-refractivity contribution is 5.92. The van der Waals surface area contributed by atoms with Crippen LogP contribution < -0.4 is 9.80 Å². The minimum absolute atomic E-state index is 0.207. The number of carboxylic acids is 1. The van der Waals surface area contributed by atoms with Gasteiger partial charge in [-0.05, 0) is 152 Å². The molecule has 0 bridgehead atoms. The summed E-state index contributed by atoms with van der Waals surface area (Å²) in [6.07, 6.45) is 4.70. The third-order valence-corrected chi connectivity index (χ3v) is 13.3. The Kier molecular flexibility index (Phi) is 10.2. The molecule has 0 saturated carbocycles. The van der Waals surface area contributed by atoms with Crippen LogP contribution in [0, 0.1) is 11.3 Å². The number of rotatable bonds is 10. The number of allylic oxidation sites excluding steroid dienone is 2. The molecule has 5 heteroatoms. The van der Waals surface area contributed by atoms with Crippen molar-refractivity contribution in [2.75, 3.05) is 9.80 Å². The summed E-state index contributed by atoms with van der Waals surface area (Å²) in [6, 6.07) is 69.3. The van der Waals surface area contributed by atoms with Crippen molar-refractivity contribution in [2.45, 2.75) is 38.5 Å². The second-order valence-electron chi connectivity index (χ2n) is 17.9. The summed E-state index contributed by atoms with van der Waals surface area (Å²) in [7, 11) is 0. The van der Waals surface area contributed by atoms with Gasteiger partial charge in [0.05, 0.1) is 0 Å². The third-order valence-electron chi connectivity index (χ3n) is 13.3. The molecule has 5 nitrogen and oxygen atoms in total. The number of nitriles is 1. The van der Waals surface area contributed by atoms with Gasteiger partial charge in [-0.25, -0.2) is 4.79 Å². The minimum Gasteiger partial charge on any atom is -0.477 e. The first-order valence-electron chi connectivity index (χ1n) is 22.0. The monoisotopic (exact) mass is 841 g/mol. The normalized spacial score (nSPS) is 13.9. The Bertz CT molecular complexity index is 3190. The zero-order valence-electron chi connectivity index (χ0n) is 36.8. The van der Waals surface area contributed by atoms with E-state index in [4.69, 9.17) is 5.26 Å². The Balaban J connectivity index is 0.962. The van der Waals surface area contributed by atoms with E-state index in [1.54, 1.807) is 18.2 Å². The summed E-state index contributed by atoms with van der Waals surface area (Å²) in [4.78, 5) is 15.9. The fraction of sp³-hybridized carbons (Fsp3) is 0.100. The van der Waals surface area contributed by atoms with Crippen molar-refractivity contribution >= 4 is 46.2 Å². The molecule has 0 aromatic heterocycles. The number of para-hydroxylation sites is 3. The van der Waals surface area contributed by atoms with E-state index in [2.05, 4.69) is 207 Å². The molecule has 0 radical (unpaired) electrons. The van der Waals surface area contributed by atoms with Crippen LogP contribution in [0.3, 0.4) is 0 Å². The van der Waals surface area contributed by atoms with E-state index in [9.17, 15) is 9.90 Å². The van der Waals surface area contributed by atoms with Gasteiger partial charge in [-0.3, -0.25) is 0 Å². The fourth-order valence-electron chi connectivity index (χ4n) is 9.86. The molecule has 0 atom stereocenters. The van der Waals surface area contributed by atoms with Gasteiger partial charge in [0.1, 0.15) is 11.6 Å². The number of hydrogen-bond acceptors (Lipinski definition) is 4. The summed E-state index contributed by atoms with van der Waals surface area (Å²) < 4.78 is 0. The van der Waals surface area contributed by atoms with Crippen molar-refractivity contribution in [3.63, 3.8) is 0 Å². The molecular weight excluding hydrogens is 795 g/mol. The van der Waals surface area contributed by atoms with Crippen LogP contribution in [0.4, 0.5) is 34.1 Å². The van der Waals surface area contributed by atoms with Gasteiger partial charge >= 0.3 is 5.97 Å². The molecule has 2 aliphatic rings. The quantitative estimate of drug-likeness (QED) is 0.0844. The van der Waals surface area contributed by atoms with Gasteiger partial charge in [-0.1, -0.05) is 143 Å². The van der Waals surface area contributed by atoms with Crippen LogP contribution >= 0.6 is 0 Å². The maximum Gasteiger partial charge on any atom is 0.346 e. The van der Waals surface area contributed by atoms with Crippen LogP contribution in [-0.2, 0) is 15.6 Å². The van der Waals surface area contributed by atoms with E-state index in [-0.39, 0.29) is 16.4 Å². The van der Waals surface area contributed by atoms with E-state index in [0.717, 1.165) is 39.7 Å². The highest BCUT2D eigenvalue weighted by atomic mass is 16.4. The number of carbonyl (C=O) groups is 1. The number of aliphatic carboxylic acids is 1. The Morgan fingerprint density at radius 2 is 0.831 bits per heavy atom. The van der Waals surface area contributed by atoms with Crippen LogP contribution in [0.15, 0.2) is 206 Å². The number of nitrogens with zero attached hydrogens (tertiary/aromatic N) is 3. The van der Waals surface area contributed by atoms with Gasteiger partial charge < -0.3 is 14.9 Å². The van der Waals surface area contributed by atoms with Crippen molar-refractivity contribution in [1.29, 1.82) is 5.26 Å². The lowest BCUT2D eigenvalue weighted by Crippen LogP contribution is -2.17. The first-order chi connectivity index (χ1) is 31.5. The van der Waals surface area contributed by atoms with E-state index in [1.807, 2.05) is 18.2 Å². The summed E-state index contributed by atoms with van der Waals surface area (Å²) in [5.41, 5.74) is 19.4. The molecule has 1 N–H and O–H groups in total. The van der Waals surface area contributed by atoms with Crippen LogP contribution in [0.5, 0.6) is 0 Å². The predicted octanol–water partition coefficient (Wildman–Crippen LogP) is 15.5. The second-order valence-corrected chi connectivity index (χ2v) is 17.9. The zero-order valence-corrected chi connectivity index (χ0v) is 36.8. The SMILES string of the molecule is CC1(C)c2cc(-c3ccc4c(c3)C(C)(C)c3cc(N(c5ccccc5)c5ccc(/C=C/C=C(\C#N)C(=O)O)cc5)ccc3-4)ccc2-c2ccc(N(c3ccccc3)c3ccccc3)cc21. The van der Waals surface area contributed by atoms with E-state index >= 15 is 0 Å². The lowest BCUT2D eigenvalue weighted by Gasteiger charge is -2.28. The molecule has 8 aromatic carbocycles. The minimum atomic E-state index is -1.24. The summed E-state index contributed by atoms with van der Waals surface area (Å²) in [6.45, 7) is 9.40. The van der Waals surface area contributed by atoms with Gasteiger partial charge in [0.2, 0.25) is 0 Å². The van der Waals surface area contributed by atoms with Gasteiger partial charge in [0, 0.05) is 45.0 Å². The molecule has 0 fully saturated rings. The third kappa shape index (κ3) is 7.20. The molecule has 0 heterocycles. The average molecular weight is 842 g/mol. The molecule has 0 spiro atoms. The summed E-state index contributed by atoms with van der Waals surface area (Å²) in [5, 5.41) is 18.3. The van der Waals surface area contributed by atoms with Gasteiger partial charge in [0.25, 0.3) is 0 Å². The molecule has 10 rings (SSSR count).